The zero-order valence-electron chi connectivity index (χ0n) is 22.0. The van der Waals surface area contributed by atoms with Crippen molar-refractivity contribution in [1.29, 1.82) is 0 Å². The van der Waals surface area contributed by atoms with Crippen LogP contribution in [-0.2, 0) is 4.79 Å². The summed E-state index contributed by atoms with van der Waals surface area (Å²) < 4.78 is 0. The lowest BCUT2D eigenvalue weighted by atomic mass is 10.0. The second-order valence-electron chi connectivity index (χ2n) is 9.75. The third-order valence-electron chi connectivity index (χ3n) is 6.68. The van der Waals surface area contributed by atoms with Crippen LogP contribution in [0, 0.1) is 13.8 Å². The molecule has 0 saturated heterocycles. The van der Waals surface area contributed by atoms with Crippen molar-refractivity contribution in [3.63, 3.8) is 0 Å². The van der Waals surface area contributed by atoms with Gasteiger partial charge in [0.1, 0.15) is 5.01 Å². The first kappa shape index (κ1) is 25.6. The molecule has 3 N–H and O–H groups in total. The van der Waals surface area contributed by atoms with Crippen LogP contribution in [0.25, 0.3) is 33.5 Å². The predicted molar refractivity (Wildman–Crippen MR) is 155 cm³/mol. The molecule has 0 atom stereocenters. The van der Waals surface area contributed by atoms with Crippen molar-refractivity contribution in [2.45, 2.75) is 20.3 Å². The lowest BCUT2D eigenvalue weighted by Crippen LogP contribution is -2.27. The highest BCUT2D eigenvalue weighted by Gasteiger charge is 2.26. The number of carbonyl (C=O) groups is 2. The minimum Gasteiger partial charge on any atom is -0.358 e. The molecular weight excluding hydrogens is 494 g/mol. The van der Waals surface area contributed by atoms with E-state index >= 15 is 0 Å². The molecule has 0 bridgehead atoms. The van der Waals surface area contributed by atoms with Gasteiger partial charge in [-0.2, -0.15) is 0 Å². The standard InChI is InChI=1S/C30H31N5O2S/c1-18-25(32-19(2)27(18)29(37)31-13-8-14-35(3)4)16-23-22-15-21(11-12-24(22)33-28(23)36)26-17-38-30(34-26)20-9-6-5-7-10-20/h5-7,9-12,15-17,32H,8,13-14H2,1-4H3,(H,31,37)(H,33,36). The first-order valence-electron chi connectivity index (χ1n) is 12.6. The van der Waals surface area contributed by atoms with Gasteiger partial charge in [0.25, 0.3) is 11.8 Å². The number of aryl methyl sites for hydroxylation is 1. The van der Waals surface area contributed by atoms with E-state index in [-0.39, 0.29) is 11.8 Å². The molecule has 8 heteroatoms. The molecule has 0 spiro atoms. The third kappa shape index (κ3) is 5.18. The largest absolute Gasteiger partial charge is 0.358 e. The maximum absolute atomic E-state index is 12.9. The van der Waals surface area contributed by atoms with E-state index in [1.165, 1.54) is 0 Å². The number of H-pyrrole nitrogens is 1. The zero-order chi connectivity index (χ0) is 26.8. The number of aromatic amines is 1. The molecule has 0 unspecified atom stereocenters. The summed E-state index contributed by atoms with van der Waals surface area (Å²) >= 11 is 1.60. The Morgan fingerprint density at radius 1 is 1.11 bits per heavy atom. The molecule has 0 fully saturated rings. The summed E-state index contributed by atoms with van der Waals surface area (Å²) in [5.41, 5.74) is 8.03. The normalized spacial score (nSPS) is 13.7. The van der Waals surface area contributed by atoms with Crippen LogP contribution in [0.15, 0.2) is 53.9 Å². The van der Waals surface area contributed by atoms with Crippen molar-refractivity contribution >= 4 is 40.5 Å². The van der Waals surface area contributed by atoms with E-state index < -0.39 is 0 Å². The predicted octanol–water partition coefficient (Wildman–Crippen LogP) is 5.60. The minimum atomic E-state index is -0.165. The van der Waals surface area contributed by atoms with Gasteiger partial charge in [-0.1, -0.05) is 36.4 Å². The van der Waals surface area contributed by atoms with Gasteiger partial charge in [-0.3, -0.25) is 9.59 Å². The second-order valence-corrected chi connectivity index (χ2v) is 10.6. The van der Waals surface area contributed by atoms with Crippen LogP contribution in [0.2, 0.25) is 0 Å². The number of hydrogen-bond donors (Lipinski definition) is 3. The first-order valence-corrected chi connectivity index (χ1v) is 13.5. The smallest absolute Gasteiger partial charge is 0.256 e. The molecule has 2 amide bonds. The Morgan fingerprint density at radius 3 is 2.66 bits per heavy atom. The molecule has 1 aliphatic rings. The van der Waals surface area contributed by atoms with Crippen molar-refractivity contribution < 1.29 is 9.59 Å². The van der Waals surface area contributed by atoms with Crippen LogP contribution in [0.4, 0.5) is 5.69 Å². The average Bonchev–Trinajstić information content (AvgIpc) is 3.58. The topological polar surface area (TPSA) is 90.1 Å². The molecule has 1 aliphatic heterocycles. The fraction of sp³-hybridized carbons (Fsp3) is 0.233. The summed E-state index contributed by atoms with van der Waals surface area (Å²) in [4.78, 5) is 36.1. The van der Waals surface area contributed by atoms with Gasteiger partial charge in [-0.25, -0.2) is 4.98 Å². The number of fused-ring (bicyclic) bond motifs is 1. The number of hydrogen-bond acceptors (Lipinski definition) is 5. The molecule has 194 valence electrons. The molecule has 0 saturated carbocycles. The molecule has 38 heavy (non-hydrogen) atoms. The summed E-state index contributed by atoms with van der Waals surface area (Å²) in [5, 5.41) is 8.97. The number of nitrogens with one attached hydrogen (secondary N) is 3. The quantitative estimate of drug-likeness (QED) is 0.206. The summed E-state index contributed by atoms with van der Waals surface area (Å²) in [6.07, 6.45) is 2.72. The van der Waals surface area contributed by atoms with Gasteiger partial charge in [-0.15, -0.1) is 11.3 Å². The number of rotatable bonds is 8. The molecule has 5 rings (SSSR count). The molecule has 0 radical (unpaired) electrons. The number of amides is 2. The van der Waals surface area contributed by atoms with Crippen LogP contribution in [0.1, 0.15) is 39.3 Å². The highest BCUT2D eigenvalue weighted by atomic mass is 32.1. The highest BCUT2D eigenvalue weighted by Crippen LogP contribution is 2.38. The van der Waals surface area contributed by atoms with Gasteiger partial charge in [-0.05, 0) is 64.7 Å². The van der Waals surface area contributed by atoms with E-state index in [0.29, 0.717) is 17.7 Å². The monoisotopic (exact) mass is 525 g/mol. The molecule has 2 aromatic carbocycles. The van der Waals surface area contributed by atoms with Gasteiger partial charge < -0.3 is 20.5 Å². The van der Waals surface area contributed by atoms with Crippen molar-refractivity contribution in [2.24, 2.45) is 0 Å². The molecule has 4 aromatic rings. The van der Waals surface area contributed by atoms with Crippen molar-refractivity contribution in [2.75, 3.05) is 32.5 Å². The van der Waals surface area contributed by atoms with E-state index in [1.807, 2.05) is 87.9 Å². The lowest BCUT2D eigenvalue weighted by molar-refractivity contribution is -0.110. The van der Waals surface area contributed by atoms with Crippen LogP contribution >= 0.6 is 11.3 Å². The fourth-order valence-electron chi connectivity index (χ4n) is 4.70. The number of anilines is 1. The number of benzene rings is 2. The maximum Gasteiger partial charge on any atom is 0.256 e. The van der Waals surface area contributed by atoms with Crippen molar-refractivity contribution in [3.05, 3.63) is 82.0 Å². The Labute approximate surface area is 226 Å². The van der Waals surface area contributed by atoms with E-state index in [1.54, 1.807) is 11.3 Å². The van der Waals surface area contributed by atoms with Gasteiger partial charge >= 0.3 is 0 Å². The van der Waals surface area contributed by atoms with Crippen molar-refractivity contribution in [1.82, 2.24) is 20.2 Å². The SMILES string of the molecule is Cc1[nH]c(C=C2C(=O)Nc3ccc(-c4csc(-c5ccccc5)n4)cc32)c(C)c1C(=O)NCCCN(C)C. The van der Waals surface area contributed by atoms with E-state index in [9.17, 15) is 9.59 Å². The first-order chi connectivity index (χ1) is 18.3. The van der Waals surface area contributed by atoms with Crippen molar-refractivity contribution in [3.8, 4) is 21.8 Å². The van der Waals surface area contributed by atoms with E-state index in [2.05, 4.69) is 20.5 Å². The third-order valence-corrected chi connectivity index (χ3v) is 7.57. The fourth-order valence-corrected chi connectivity index (χ4v) is 5.53. The van der Waals surface area contributed by atoms with Gasteiger partial charge in [0, 0.05) is 45.7 Å². The Bertz CT molecular complexity index is 1530. The number of nitrogens with zero attached hydrogens (tertiary/aromatic N) is 2. The highest BCUT2D eigenvalue weighted by molar-refractivity contribution is 7.13. The Balaban J connectivity index is 1.42. The van der Waals surface area contributed by atoms with Crippen LogP contribution in [-0.4, -0.2) is 53.9 Å². The molecule has 3 heterocycles. The van der Waals surface area contributed by atoms with Crippen LogP contribution in [0.3, 0.4) is 0 Å². The summed E-state index contributed by atoms with van der Waals surface area (Å²) in [7, 11) is 4.03. The Morgan fingerprint density at radius 2 is 1.89 bits per heavy atom. The summed E-state index contributed by atoms with van der Waals surface area (Å²) in [6.45, 7) is 5.32. The maximum atomic E-state index is 12.9. The number of carbonyl (C=O) groups excluding carboxylic acids is 2. The number of aromatic nitrogens is 2. The second kappa shape index (κ2) is 10.8. The van der Waals surface area contributed by atoms with E-state index in [0.717, 1.165) is 63.0 Å². The van der Waals surface area contributed by atoms with Gasteiger partial charge in [0.15, 0.2) is 0 Å². The lowest BCUT2D eigenvalue weighted by Gasteiger charge is -2.10. The summed E-state index contributed by atoms with van der Waals surface area (Å²) in [5.74, 6) is -0.266. The minimum absolute atomic E-state index is 0.101. The molecule has 0 aliphatic carbocycles. The molecule has 7 nitrogen and oxygen atoms in total. The van der Waals surface area contributed by atoms with Gasteiger partial charge in [0.05, 0.1) is 16.8 Å². The molecule has 2 aromatic heterocycles. The zero-order valence-corrected chi connectivity index (χ0v) is 22.8. The Hall–Kier alpha value is -4.01. The Kier molecular flexibility index (Phi) is 7.26. The van der Waals surface area contributed by atoms with Crippen LogP contribution < -0.4 is 10.6 Å². The number of thiazole rings is 1. The van der Waals surface area contributed by atoms with Crippen LogP contribution in [0.5, 0.6) is 0 Å². The van der Waals surface area contributed by atoms with E-state index in [4.69, 9.17) is 4.98 Å². The molecular formula is C30H31N5O2S. The average molecular weight is 526 g/mol. The van der Waals surface area contributed by atoms with Gasteiger partial charge in [0.2, 0.25) is 0 Å². The summed E-state index contributed by atoms with van der Waals surface area (Å²) in [6, 6.07) is 16.0.